The van der Waals surface area contributed by atoms with Gasteiger partial charge in [-0.25, -0.2) is 0 Å². The van der Waals surface area contributed by atoms with Gasteiger partial charge in [0.05, 0.1) is 0 Å². The topological polar surface area (TPSA) is 0 Å². The van der Waals surface area contributed by atoms with Crippen molar-refractivity contribution in [1.29, 1.82) is 0 Å². The van der Waals surface area contributed by atoms with Gasteiger partial charge in [-0.2, -0.15) is 0 Å². The third-order valence-corrected chi connectivity index (χ3v) is 4.31. The van der Waals surface area contributed by atoms with Crippen LogP contribution in [0.25, 0.3) is 0 Å². The van der Waals surface area contributed by atoms with Gasteiger partial charge in [0.2, 0.25) is 0 Å². The van der Waals surface area contributed by atoms with Gasteiger partial charge in [0.15, 0.2) is 0 Å². The van der Waals surface area contributed by atoms with E-state index in [9.17, 15) is 0 Å². The molecule has 76 valence electrons. The van der Waals surface area contributed by atoms with E-state index in [0.29, 0.717) is 0 Å². The molecule has 0 aromatic heterocycles. The van der Waals surface area contributed by atoms with Crippen LogP contribution in [0.1, 0.15) is 51.4 Å². The van der Waals surface area contributed by atoms with E-state index in [0.717, 1.165) is 11.8 Å². The molecule has 14 heavy (non-hydrogen) atoms. The molecule has 0 aliphatic heterocycles. The minimum Gasteiger partial charge on any atom is -0.0807 e. The maximum Gasteiger partial charge on any atom is -0.00198 e. The van der Waals surface area contributed by atoms with Crippen molar-refractivity contribution in [3.8, 4) is 0 Å². The Morgan fingerprint density at radius 3 is 1.64 bits per heavy atom. The third-order valence-electron chi connectivity index (χ3n) is 4.31. The standard InChI is InChI=1S/C14H20/c1-2-4-6-14-12-9-7-11(8-10-12)13(14)5-3-1/h7,9,11-12H,1-6,8,10H2/t11-,12+. The van der Waals surface area contributed by atoms with Crippen LogP contribution in [0.3, 0.4) is 0 Å². The summed E-state index contributed by atoms with van der Waals surface area (Å²) in [7, 11) is 0. The highest BCUT2D eigenvalue weighted by Gasteiger charge is 2.30. The summed E-state index contributed by atoms with van der Waals surface area (Å²) in [4.78, 5) is 0. The minimum atomic E-state index is 0.855. The SMILES string of the molecule is C1=C[C@H]2CC[C@@H]1C1=C2CCCCCC1. The zero-order valence-electron chi connectivity index (χ0n) is 8.97. The molecule has 0 spiro atoms. The van der Waals surface area contributed by atoms with Crippen molar-refractivity contribution in [3.63, 3.8) is 0 Å². The number of hydrogen-bond acceptors (Lipinski definition) is 0. The molecule has 0 amide bonds. The first-order valence-corrected chi connectivity index (χ1v) is 6.35. The molecule has 0 saturated heterocycles. The summed E-state index contributed by atoms with van der Waals surface area (Å²) in [5.41, 5.74) is 3.73. The first-order chi connectivity index (χ1) is 6.95. The highest BCUT2D eigenvalue weighted by molar-refractivity contribution is 5.34. The van der Waals surface area contributed by atoms with Gasteiger partial charge in [0.25, 0.3) is 0 Å². The Hall–Kier alpha value is -0.520. The monoisotopic (exact) mass is 188 g/mol. The van der Waals surface area contributed by atoms with Crippen molar-refractivity contribution in [3.05, 3.63) is 23.3 Å². The van der Waals surface area contributed by atoms with Gasteiger partial charge in [-0.05, 0) is 50.4 Å². The van der Waals surface area contributed by atoms with E-state index >= 15 is 0 Å². The van der Waals surface area contributed by atoms with Crippen molar-refractivity contribution < 1.29 is 0 Å². The third kappa shape index (κ3) is 1.36. The lowest BCUT2D eigenvalue weighted by Crippen LogP contribution is -2.23. The fourth-order valence-electron chi connectivity index (χ4n) is 3.55. The second-order valence-corrected chi connectivity index (χ2v) is 5.14. The van der Waals surface area contributed by atoms with Gasteiger partial charge in [0, 0.05) is 0 Å². The summed E-state index contributed by atoms with van der Waals surface area (Å²) in [5, 5.41) is 0. The summed E-state index contributed by atoms with van der Waals surface area (Å²) in [6.07, 6.45) is 16.6. The molecule has 0 aromatic rings. The normalized spacial score (nSPS) is 36.6. The smallest absolute Gasteiger partial charge is 0.00198 e. The predicted octanol–water partition coefficient (Wildman–Crippen LogP) is 4.23. The molecule has 4 rings (SSSR count). The van der Waals surface area contributed by atoms with Crippen molar-refractivity contribution in [1.82, 2.24) is 0 Å². The quantitative estimate of drug-likeness (QED) is 0.499. The van der Waals surface area contributed by atoms with E-state index in [1.165, 1.54) is 51.4 Å². The van der Waals surface area contributed by atoms with E-state index in [2.05, 4.69) is 12.2 Å². The molecule has 0 N–H and O–H groups in total. The molecule has 0 nitrogen and oxygen atoms in total. The van der Waals surface area contributed by atoms with E-state index in [1.807, 2.05) is 11.1 Å². The molecule has 0 saturated carbocycles. The van der Waals surface area contributed by atoms with Crippen molar-refractivity contribution in [2.24, 2.45) is 11.8 Å². The van der Waals surface area contributed by atoms with E-state index in [4.69, 9.17) is 0 Å². The van der Waals surface area contributed by atoms with Crippen LogP contribution >= 0.6 is 0 Å². The number of fused-ring (bicyclic) bond motifs is 1. The molecular weight excluding hydrogens is 168 g/mol. The minimum absolute atomic E-state index is 0.855. The van der Waals surface area contributed by atoms with Crippen LogP contribution in [-0.2, 0) is 0 Å². The van der Waals surface area contributed by atoms with Crippen molar-refractivity contribution >= 4 is 0 Å². The van der Waals surface area contributed by atoms with Gasteiger partial charge >= 0.3 is 0 Å². The van der Waals surface area contributed by atoms with Crippen LogP contribution in [0.5, 0.6) is 0 Å². The van der Waals surface area contributed by atoms with Gasteiger partial charge in [-0.1, -0.05) is 36.1 Å². The largest absolute Gasteiger partial charge is 0.0807 e. The maximum atomic E-state index is 2.49. The molecule has 2 atom stereocenters. The average Bonchev–Trinajstić information content (AvgIpc) is 2.18. The molecule has 4 aliphatic rings. The maximum absolute atomic E-state index is 2.49. The van der Waals surface area contributed by atoms with Gasteiger partial charge in [0.1, 0.15) is 0 Å². The second-order valence-electron chi connectivity index (χ2n) is 5.14. The fourth-order valence-corrected chi connectivity index (χ4v) is 3.55. The first kappa shape index (κ1) is 8.76. The summed E-state index contributed by atoms with van der Waals surface area (Å²) in [6, 6.07) is 0. The lowest BCUT2D eigenvalue weighted by molar-refractivity contribution is 0.432. The van der Waals surface area contributed by atoms with Crippen LogP contribution in [0.4, 0.5) is 0 Å². The molecule has 2 bridgehead atoms. The summed E-state index contributed by atoms with van der Waals surface area (Å²) < 4.78 is 0. The lowest BCUT2D eigenvalue weighted by Gasteiger charge is -2.37. The molecule has 0 fully saturated rings. The summed E-state index contributed by atoms with van der Waals surface area (Å²) in [6.45, 7) is 0. The Labute approximate surface area is 87.1 Å². The van der Waals surface area contributed by atoms with Crippen LogP contribution < -0.4 is 0 Å². The van der Waals surface area contributed by atoms with Crippen molar-refractivity contribution in [2.45, 2.75) is 51.4 Å². The molecule has 0 heterocycles. The van der Waals surface area contributed by atoms with Gasteiger partial charge in [-0.15, -0.1) is 0 Å². The van der Waals surface area contributed by atoms with Crippen LogP contribution in [-0.4, -0.2) is 0 Å². The first-order valence-electron chi connectivity index (χ1n) is 6.35. The molecular formula is C14H20. The number of allylic oxidation sites excluding steroid dienone is 4. The van der Waals surface area contributed by atoms with E-state index in [1.54, 1.807) is 0 Å². The Kier molecular flexibility index (Phi) is 2.23. The van der Waals surface area contributed by atoms with E-state index in [-0.39, 0.29) is 0 Å². The van der Waals surface area contributed by atoms with Crippen LogP contribution in [0, 0.1) is 11.8 Å². The van der Waals surface area contributed by atoms with Gasteiger partial charge < -0.3 is 0 Å². The highest BCUT2D eigenvalue weighted by atomic mass is 14.4. The zero-order chi connectivity index (χ0) is 9.38. The molecule has 0 unspecified atom stereocenters. The molecule has 4 aliphatic carbocycles. The van der Waals surface area contributed by atoms with Crippen molar-refractivity contribution in [2.75, 3.05) is 0 Å². The Morgan fingerprint density at radius 1 is 0.714 bits per heavy atom. The Morgan fingerprint density at radius 2 is 1.21 bits per heavy atom. The lowest BCUT2D eigenvalue weighted by atomic mass is 9.68. The average molecular weight is 188 g/mol. The predicted molar refractivity (Wildman–Crippen MR) is 60.1 cm³/mol. The fraction of sp³-hybridized carbons (Fsp3) is 0.714. The zero-order valence-corrected chi connectivity index (χ0v) is 8.97. The molecule has 0 heteroatoms. The summed E-state index contributed by atoms with van der Waals surface area (Å²) >= 11 is 0. The van der Waals surface area contributed by atoms with E-state index < -0.39 is 0 Å². The Bertz CT molecular complexity index is 254. The number of hydrogen-bond donors (Lipinski definition) is 0. The second kappa shape index (κ2) is 3.56. The van der Waals surface area contributed by atoms with Crippen LogP contribution in [0.2, 0.25) is 0 Å². The van der Waals surface area contributed by atoms with Crippen LogP contribution in [0.15, 0.2) is 23.3 Å². The highest BCUT2D eigenvalue weighted by Crippen LogP contribution is 2.45. The Balaban J connectivity index is 1.92. The molecule has 0 aromatic carbocycles. The summed E-state index contributed by atoms with van der Waals surface area (Å²) in [5.74, 6) is 1.71. The van der Waals surface area contributed by atoms with Gasteiger partial charge in [-0.3, -0.25) is 0 Å². The number of rotatable bonds is 0. The molecule has 0 radical (unpaired) electrons.